The molecular formula is C20H18FN3O4S. The summed E-state index contributed by atoms with van der Waals surface area (Å²) < 4.78 is 25.0. The van der Waals surface area contributed by atoms with E-state index in [4.69, 9.17) is 9.15 Å². The molecule has 1 aromatic carbocycles. The molecule has 150 valence electrons. The van der Waals surface area contributed by atoms with Crippen LogP contribution in [0.1, 0.15) is 10.6 Å². The van der Waals surface area contributed by atoms with E-state index in [9.17, 15) is 14.0 Å². The van der Waals surface area contributed by atoms with Crippen LogP contribution < -0.4 is 15.1 Å². The van der Waals surface area contributed by atoms with Gasteiger partial charge in [-0.2, -0.15) is 0 Å². The molecule has 1 aromatic heterocycles. The van der Waals surface area contributed by atoms with Crippen LogP contribution in [-0.2, 0) is 4.74 Å². The van der Waals surface area contributed by atoms with E-state index < -0.39 is 23.9 Å². The largest absolute Gasteiger partial charge is 0.459 e. The van der Waals surface area contributed by atoms with E-state index in [1.807, 2.05) is 11.5 Å². The second-order valence-electron chi connectivity index (χ2n) is 6.35. The van der Waals surface area contributed by atoms with E-state index in [1.54, 1.807) is 53.3 Å². The van der Waals surface area contributed by atoms with Gasteiger partial charge in [0.2, 0.25) is 0 Å². The third-order valence-electron chi connectivity index (χ3n) is 4.41. The van der Waals surface area contributed by atoms with Crippen molar-refractivity contribution in [2.24, 2.45) is 0 Å². The number of furan rings is 1. The normalized spacial score (nSPS) is 18.7. The molecular weight excluding hydrogens is 397 g/mol. The smallest absolute Gasteiger partial charge is 0.414 e. The summed E-state index contributed by atoms with van der Waals surface area (Å²) in [6, 6.07) is 7.75. The lowest BCUT2D eigenvalue weighted by molar-refractivity contribution is 0.0889. The van der Waals surface area contributed by atoms with Crippen LogP contribution in [0.25, 0.3) is 0 Å². The Morgan fingerprint density at radius 3 is 3.00 bits per heavy atom. The van der Waals surface area contributed by atoms with Crippen LogP contribution in [0, 0.1) is 5.82 Å². The number of carbonyl (C=O) groups excluding carboxylic acids is 2. The number of carbonyl (C=O) groups is 2. The van der Waals surface area contributed by atoms with Gasteiger partial charge in [0.1, 0.15) is 11.9 Å². The second kappa shape index (κ2) is 8.44. The summed E-state index contributed by atoms with van der Waals surface area (Å²) in [5.41, 5.74) is 0.784. The Bertz CT molecular complexity index is 947. The van der Waals surface area contributed by atoms with Crippen molar-refractivity contribution in [3.8, 4) is 0 Å². The van der Waals surface area contributed by atoms with Crippen LogP contribution in [0.5, 0.6) is 0 Å². The Kier molecular flexibility index (Phi) is 5.57. The molecule has 0 radical (unpaired) electrons. The van der Waals surface area contributed by atoms with Crippen LogP contribution in [0.4, 0.5) is 20.6 Å². The molecule has 0 unspecified atom stereocenters. The average Bonchev–Trinajstić information content (AvgIpc) is 3.30. The highest BCUT2D eigenvalue weighted by Crippen LogP contribution is 2.29. The molecule has 1 N–H and O–H groups in total. The molecule has 1 atom stereocenters. The van der Waals surface area contributed by atoms with Gasteiger partial charge in [-0.15, -0.1) is 11.8 Å². The van der Waals surface area contributed by atoms with E-state index in [1.165, 1.54) is 17.2 Å². The molecule has 0 spiro atoms. The van der Waals surface area contributed by atoms with Gasteiger partial charge in [-0.3, -0.25) is 9.69 Å². The number of thioether (sulfide) groups is 1. The molecule has 0 saturated carbocycles. The van der Waals surface area contributed by atoms with E-state index >= 15 is 0 Å². The third kappa shape index (κ3) is 4.29. The number of benzene rings is 1. The third-order valence-corrected chi connectivity index (χ3v) is 5.11. The van der Waals surface area contributed by atoms with Gasteiger partial charge < -0.3 is 19.4 Å². The van der Waals surface area contributed by atoms with Crippen LogP contribution >= 0.6 is 11.8 Å². The zero-order valence-electron chi connectivity index (χ0n) is 15.3. The number of rotatable bonds is 5. The van der Waals surface area contributed by atoms with Gasteiger partial charge >= 0.3 is 6.09 Å². The molecule has 0 bridgehead atoms. The maximum atomic E-state index is 14.7. The number of ether oxygens (including phenoxy) is 1. The molecule has 3 heterocycles. The number of amides is 2. The highest BCUT2D eigenvalue weighted by molar-refractivity contribution is 8.02. The molecule has 2 aromatic rings. The summed E-state index contributed by atoms with van der Waals surface area (Å²) >= 11 is 1.61. The molecule has 4 rings (SSSR count). The van der Waals surface area contributed by atoms with Crippen molar-refractivity contribution in [3.63, 3.8) is 0 Å². The standard InChI is InChI=1S/C20H18FN3O4S/c21-16-11-14(4-5-17(16)23-6-2-9-29-10-7-23)24-13-15(28-20(24)26)12-22-19(25)18-3-1-8-27-18/h1-8,10-11,15H,9,12-13H2,(H,22,25)/t15-/m0/s1. The van der Waals surface area contributed by atoms with E-state index in [0.29, 0.717) is 11.4 Å². The first-order chi connectivity index (χ1) is 14.1. The van der Waals surface area contributed by atoms with Crippen LogP contribution in [0.2, 0.25) is 0 Å². The van der Waals surface area contributed by atoms with E-state index in [0.717, 1.165) is 5.75 Å². The highest BCUT2D eigenvalue weighted by atomic mass is 32.2. The first-order valence-electron chi connectivity index (χ1n) is 8.94. The van der Waals surface area contributed by atoms with Crippen molar-refractivity contribution in [3.05, 3.63) is 72.1 Å². The summed E-state index contributed by atoms with van der Waals surface area (Å²) in [6.07, 6.45) is 5.81. The average molecular weight is 415 g/mol. The second-order valence-corrected chi connectivity index (χ2v) is 7.29. The van der Waals surface area contributed by atoms with Crippen molar-refractivity contribution >= 4 is 35.1 Å². The van der Waals surface area contributed by atoms with Gasteiger partial charge in [-0.25, -0.2) is 9.18 Å². The summed E-state index contributed by atoms with van der Waals surface area (Å²) in [6.45, 7) is 0.333. The van der Waals surface area contributed by atoms with Crippen LogP contribution in [0.15, 0.2) is 64.9 Å². The maximum absolute atomic E-state index is 14.7. The molecule has 2 aliphatic heterocycles. The molecule has 29 heavy (non-hydrogen) atoms. The zero-order chi connectivity index (χ0) is 20.2. The van der Waals surface area contributed by atoms with Crippen molar-refractivity contribution in [1.29, 1.82) is 0 Å². The zero-order valence-corrected chi connectivity index (χ0v) is 16.1. The lowest BCUT2D eigenvalue weighted by Gasteiger charge is -2.18. The fourth-order valence-corrected chi connectivity index (χ4v) is 3.53. The fraction of sp³-hybridized carbons (Fsp3) is 0.200. The Morgan fingerprint density at radius 1 is 1.31 bits per heavy atom. The minimum atomic E-state index is -0.583. The Morgan fingerprint density at radius 2 is 2.21 bits per heavy atom. The molecule has 9 heteroatoms. The SMILES string of the molecule is O=C(NC[C@H]1CN(c2ccc(N3C=CCSC=C3)c(F)c2)C(=O)O1)c1ccco1. The number of hydrogen-bond acceptors (Lipinski definition) is 6. The van der Waals surface area contributed by atoms with Crippen LogP contribution in [0.3, 0.4) is 0 Å². The topological polar surface area (TPSA) is 75.0 Å². The lowest BCUT2D eigenvalue weighted by Crippen LogP contribution is -2.34. The van der Waals surface area contributed by atoms with Gasteiger partial charge in [0.25, 0.3) is 5.91 Å². The molecule has 1 saturated heterocycles. The minimum absolute atomic E-state index is 0.128. The molecule has 2 amide bonds. The maximum Gasteiger partial charge on any atom is 0.414 e. The number of cyclic esters (lactones) is 1. The predicted molar refractivity (Wildman–Crippen MR) is 108 cm³/mol. The number of nitrogens with zero attached hydrogens (tertiary/aromatic N) is 2. The Labute approximate surface area is 170 Å². The summed E-state index contributed by atoms with van der Waals surface area (Å²) in [5.74, 6) is 0.158. The van der Waals surface area contributed by atoms with Crippen molar-refractivity contribution in [2.75, 3.05) is 28.6 Å². The Balaban J connectivity index is 1.41. The summed E-state index contributed by atoms with van der Waals surface area (Å²) in [5, 5.41) is 4.55. The monoisotopic (exact) mass is 415 g/mol. The number of anilines is 2. The molecule has 1 fully saturated rings. The molecule has 7 nitrogen and oxygen atoms in total. The van der Waals surface area contributed by atoms with Gasteiger partial charge in [0.05, 0.1) is 30.7 Å². The van der Waals surface area contributed by atoms with Crippen LogP contribution in [-0.4, -0.2) is 36.9 Å². The lowest BCUT2D eigenvalue weighted by atomic mass is 10.2. The van der Waals surface area contributed by atoms with Gasteiger partial charge in [-0.1, -0.05) is 6.08 Å². The van der Waals surface area contributed by atoms with Crippen molar-refractivity contribution in [2.45, 2.75) is 6.10 Å². The predicted octanol–water partition coefficient (Wildman–Crippen LogP) is 3.71. The quantitative estimate of drug-likeness (QED) is 0.803. The summed E-state index contributed by atoms with van der Waals surface area (Å²) in [4.78, 5) is 27.2. The number of hydrogen-bond donors (Lipinski definition) is 1. The Hall–Kier alpha value is -3.20. The molecule has 2 aliphatic rings. The summed E-state index contributed by atoms with van der Waals surface area (Å²) in [7, 11) is 0. The van der Waals surface area contributed by atoms with Crippen molar-refractivity contribution in [1.82, 2.24) is 5.32 Å². The first-order valence-corrected chi connectivity index (χ1v) is 9.99. The first kappa shape index (κ1) is 19.1. The van der Waals surface area contributed by atoms with E-state index in [2.05, 4.69) is 5.32 Å². The van der Waals surface area contributed by atoms with Gasteiger partial charge in [-0.05, 0) is 35.7 Å². The van der Waals surface area contributed by atoms with Crippen molar-refractivity contribution < 1.29 is 23.1 Å². The minimum Gasteiger partial charge on any atom is -0.459 e. The van der Waals surface area contributed by atoms with E-state index in [-0.39, 0.29) is 18.8 Å². The number of nitrogens with one attached hydrogen (secondary N) is 1. The fourth-order valence-electron chi connectivity index (χ4n) is 3.00. The van der Waals surface area contributed by atoms with Gasteiger partial charge in [0.15, 0.2) is 5.76 Å². The molecule has 0 aliphatic carbocycles. The highest BCUT2D eigenvalue weighted by Gasteiger charge is 2.33. The van der Waals surface area contributed by atoms with Gasteiger partial charge in [0, 0.05) is 18.2 Å². The number of halogens is 1.